The normalized spacial score (nSPS) is 11.5. The fraction of sp³-hybridized carbons (Fsp3) is 0.824. The van der Waals surface area contributed by atoms with Gasteiger partial charge in [0.05, 0.1) is 0 Å². The summed E-state index contributed by atoms with van der Waals surface area (Å²) in [6.07, 6.45) is 28.0. The fourth-order valence-corrected chi connectivity index (χ4v) is 4.78. The summed E-state index contributed by atoms with van der Waals surface area (Å²) in [6.45, 7) is 31.7. The predicted molar refractivity (Wildman–Crippen MR) is 173 cm³/mol. The minimum absolute atomic E-state index is 0. The molecular weight excluding hydrogens is 502 g/mol. The third kappa shape index (κ3) is 55.0. The predicted octanol–water partition coefficient (Wildman–Crippen LogP) is 12.8. The van der Waals surface area contributed by atoms with Crippen LogP contribution in [-0.4, -0.2) is 8.80 Å². The molecule has 0 heterocycles. The molecule has 0 aromatic rings. The van der Waals surface area contributed by atoms with E-state index in [9.17, 15) is 0 Å². The fourth-order valence-electron chi connectivity index (χ4n) is 3.68. The van der Waals surface area contributed by atoms with Crippen LogP contribution in [0.15, 0.2) is 25.8 Å². The third-order valence-electron chi connectivity index (χ3n) is 6.53. The molecule has 0 saturated heterocycles. The van der Waals surface area contributed by atoms with Crippen LogP contribution in [0.1, 0.15) is 150 Å². The molecule has 0 spiro atoms. The van der Waals surface area contributed by atoms with Crippen LogP contribution in [0.2, 0.25) is 19.1 Å². The molecule has 0 aromatic carbocycles. The summed E-state index contributed by atoms with van der Waals surface area (Å²) in [5, 5.41) is 0. The number of unbranched alkanes of at least 4 members (excludes halogenated alkanes) is 12. The van der Waals surface area contributed by atoms with E-state index < -0.39 is 0 Å². The van der Waals surface area contributed by atoms with E-state index in [1.54, 1.807) is 0 Å². The molecule has 214 valence electrons. The second kappa shape index (κ2) is 45.3. The van der Waals surface area contributed by atoms with E-state index in [-0.39, 0.29) is 28.3 Å². The maximum atomic E-state index is 4.07. The monoisotopic (exact) mass is 572 g/mol. The van der Waals surface area contributed by atoms with Crippen molar-refractivity contribution in [2.45, 2.75) is 169 Å². The van der Waals surface area contributed by atoms with Crippen molar-refractivity contribution in [1.29, 1.82) is 0 Å². The van der Waals surface area contributed by atoms with Gasteiger partial charge >= 0.3 is 19.5 Å². The zero-order valence-corrected chi connectivity index (χ0v) is 30.8. The van der Waals surface area contributed by atoms with Crippen LogP contribution >= 0.6 is 0 Å². The van der Waals surface area contributed by atoms with Gasteiger partial charge in [-0.05, 0) is 12.8 Å². The maximum Gasteiger partial charge on any atom is 2.00 e. The summed E-state index contributed by atoms with van der Waals surface area (Å²) >= 11 is 0. The van der Waals surface area contributed by atoms with Crippen molar-refractivity contribution in [2.75, 3.05) is 0 Å². The molecule has 0 aromatic heterocycles. The Labute approximate surface area is 247 Å². The Bertz CT molecular complexity index is 322. The smallest absolute Gasteiger partial charge is 0.340 e. The largest absolute Gasteiger partial charge is 2.00 e. The van der Waals surface area contributed by atoms with E-state index in [2.05, 4.69) is 74.4 Å². The molecule has 36 heavy (non-hydrogen) atoms. The molecule has 0 aliphatic heterocycles. The van der Waals surface area contributed by atoms with E-state index >= 15 is 0 Å². The zero-order valence-electron chi connectivity index (χ0n) is 26.7. The molecule has 0 N–H and O–H groups in total. The standard InChI is InChI=1S/2C11H23.C10H22Si.C2H4.Zn/c2*1-4-6-7-8-9-10-11(3)5-2;1-4-5-6-7-8-9-10-11(2)3;1-2;/h2*11H,3-10H2,1-2H3;4,11H,1,5-10H2,2-3H3;1-2H2;/q2*-1;;;+2. The van der Waals surface area contributed by atoms with Crippen LogP contribution < -0.4 is 0 Å². The van der Waals surface area contributed by atoms with Gasteiger partial charge in [0.2, 0.25) is 0 Å². The van der Waals surface area contributed by atoms with Gasteiger partial charge in [-0.3, -0.25) is 0 Å². The van der Waals surface area contributed by atoms with Gasteiger partial charge in [0.1, 0.15) is 0 Å². The Kier molecular flexibility index (Phi) is 58.1. The molecule has 0 bridgehead atoms. The number of rotatable bonds is 21. The first kappa shape index (κ1) is 46.2. The van der Waals surface area contributed by atoms with Crippen molar-refractivity contribution >= 4 is 8.80 Å². The molecule has 0 saturated carbocycles. The van der Waals surface area contributed by atoms with Crippen molar-refractivity contribution in [3.8, 4) is 0 Å². The summed E-state index contributed by atoms with van der Waals surface area (Å²) < 4.78 is 0. The van der Waals surface area contributed by atoms with Crippen molar-refractivity contribution < 1.29 is 19.5 Å². The van der Waals surface area contributed by atoms with Crippen LogP contribution in [-0.2, 0) is 19.5 Å². The molecule has 0 aliphatic rings. The summed E-state index contributed by atoms with van der Waals surface area (Å²) in [5.41, 5.74) is 0. The van der Waals surface area contributed by atoms with Gasteiger partial charge in [0.25, 0.3) is 0 Å². The van der Waals surface area contributed by atoms with Crippen molar-refractivity contribution in [3.63, 3.8) is 0 Å². The molecule has 0 amide bonds. The van der Waals surface area contributed by atoms with Crippen molar-refractivity contribution in [3.05, 3.63) is 39.7 Å². The molecule has 0 fully saturated rings. The van der Waals surface area contributed by atoms with Gasteiger partial charge in [-0.1, -0.05) is 162 Å². The Balaban J connectivity index is -0.000000127. The van der Waals surface area contributed by atoms with Gasteiger partial charge < -0.3 is 13.8 Å². The third-order valence-corrected chi connectivity index (χ3v) is 8.09. The Hall–Kier alpha value is 0.320. The number of hydrogen-bond donors (Lipinski definition) is 0. The van der Waals surface area contributed by atoms with Gasteiger partial charge in [-0.25, -0.2) is 0 Å². The average molecular weight is 574 g/mol. The summed E-state index contributed by atoms with van der Waals surface area (Å²) in [7, 11) is -0.249. The second-order valence-corrected chi connectivity index (χ2v) is 14.0. The Morgan fingerprint density at radius 2 is 0.972 bits per heavy atom. The molecule has 0 nitrogen and oxygen atoms in total. The summed E-state index contributed by atoms with van der Waals surface area (Å²) in [5.74, 6) is 1.41. The number of hydrogen-bond acceptors (Lipinski definition) is 0. The van der Waals surface area contributed by atoms with Crippen LogP contribution in [0.3, 0.4) is 0 Å². The number of allylic oxidation sites excluding steroid dienone is 1. The summed E-state index contributed by atoms with van der Waals surface area (Å²) in [6, 6.07) is 1.54. The van der Waals surface area contributed by atoms with Gasteiger partial charge in [0, 0.05) is 8.80 Å². The van der Waals surface area contributed by atoms with Gasteiger partial charge in [0.15, 0.2) is 0 Å². The summed E-state index contributed by atoms with van der Waals surface area (Å²) in [4.78, 5) is 0. The first-order valence-electron chi connectivity index (χ1n) is 15.7. The molecule has 0 rings (SSSR count). The van der Waals surface area contributed by atoms with E-state index in [0.717, 1.165) is 0 Å². The minimum atomic E-state index is -0.249. The topological polar surface area (TPSA) is 0 Å². The zero-order chi connectivity index (χ0) is 27.6. The van der Waals surface area contributed by atoms with Crippen LogP contribution in [0, 0.1) is 25.7 Å². The molecule has 2 atom stereocenters. The van der Waals surface area contributed by atoms with E-state index in [1.165, 1.54) is 128 Å². The van der Waals surface area contributed by atoms with E-state index in [4.69, 9.17) is 0 Å². The van der Waals surface area contributed by atoms with Crippen LogP contribution in [0.5, 0.6) is 0 Å². The van der Waals surface area contributed by atoms with Crippen LogP contribution in [0.25, 0.3) is 0 Å². The maximum absolute atomic E-state index is 4.07. The van der Waals surface area contributed by atoms with Crippen molar-refractivity contribution in [2.24, 2.45) is 11.8 Å². The minimum Gasteiger partial charge on any atom is -0.340 e. The Morgan fingerprint density at radius 3 is 1.31 bits per heavy atom. The van der Waals surface area contributed by atoms with Crippen molar-refractivity contribution in [1.82, 2.24) is 0 Å². The van der Waals surface area contributed by atoms with E-state index in [1.807, 2.05) is 6.08 Å². The first-order chi connectivity index (χ1) is 16.9. The van der Waals surface area contributed by atoms with Gasteiger partial charge in [-0.15, -0.1) is 19.7 Å². The molecular formula is C34H72SiZn. The molecule has 2 heteroatoms. The van der Waals surface area contributed by atoms with Gasteiger partial charge in [-0.2, -0.15) is 11.8 Å². The Morgan fingerprint density at radius 1 is 0.611 bits per heavy atom. The first-order valence-corrected chi connectivity index (χ1v) is 18.8. The van der Waals surface area contributed by atoms with Crippen LogP contribution in [0.4, 0.5) is 0 Å². The molecule has 0 radical (unpaired) electrons. The molecule has 2 unspecified atom stereocenters. The molecule has 0 aliphatic carbocycles. The second-order valence-electron chi connectivity index (χ2n) is 10.6. The quantitative estimate of drug-likeness (QED) is 0.0554. The average Bonchev–Trinajstić information content (AvgIpc) is 2.87. The SMILES string of the molecule is C=C.C=CCCCCCC[SiH](C)C.[CH2-]C(CC)CCCCCCC.[CH2-]C(CC)CCCCCCC.[Zn+2]. The van der Waals surface area contributed by atoms with E-state index in [0.29, 0.717) is 11.8 Å².